The first kappa shape index (κ1) is 14.9. The third kappa shape index (κ3) is 3.23. The van der Waals surface area contributed by atoms with Crippen molar-refractivity contribution < 1.29 is 9.47 Å². The van der Waals surface area contributed by atoms with Crippen molar-refractivity contribution in [2.75, 3.05) is 6.61 Å². The predicted octanol–water partition coefficient (Wildman–Crippen LogP) is 5.21. The van der Waals surface area contributed by atoms with Crippen LogP contribution in [0.4, 0.5) is 0 Å². The van der Waals surface area contributed by atoms with Crippen molar-refractivity contribution in [1.82, 2.24) is 0 Å². The normalized spacial score (nSPS) is 25.0. The van der Waals surface area contributed by atoms with E-state index in [0.717, 1.165) is 35.0 Å². The van der Waals surface area contributed by atoms with Gasteiger partial charge in [0.05, 0.1) is 12.2 Å². The molecule has 1 aromatic carbocycles. The minimum absolute atomic E-state index is 0.122. The van der Waals surface area contributed by atoms with Gasteiger partial charge in [-0.05, 0) is 36.6 Å². The summed E-state index contributed by atoms with van der Waals surface area (Å²) in [5.41, 5.74) is 1.35. The second-order valence-corrected chi connectivity index (χ2v) is 7.27. The Balaban J connectivity index is 1.68. The van der Waals surface area contributed by atoms with Gasteiger partial charge in [-0.3, -0.25) is 0 Å². The zero-order valence-corrected chi connectivity index (χ0v) is 14.7. The molecule has 1 heterocycles. The van der Waals surface area contributed by atoms with E-state index in [9.17, 15) is 0 Å². The lowest BCUT2D eigenvalue weighted by Crippen LogP contribution is -2.41. The summed E-state index contributed by atoms with van der Waals surface area (Å²) in [5, 5.41) is 0.836. The highest BCUT2D eigenvalue weighted by atomic mass is 79.9. The molecule has 1 unspecified atom stereocenters. The fourth-order valence-corrected chi connectivity index (χ4v) is 4.60. The van der Waals surface area contributed by atoms with Crippen LogP contribution in [0.3, 0.4) is 0 Å². The molecule has 1 aliphatic carbocycles. The topological polar surface area (TPSA) is 18.5 Å². The van der Waals surface area contributed by atoms with Gasteiger partial charge in [0.1, 0.15) is 11.9 Å². The summed E-state index contributed by atoms with van der Waals surface area (Å²) in [6, 6.07) is 6.24. The first-order chi connectivity index (χ1) is 9.71. The summed E-state index contributed by atoms with van der Waals surface area (Å²) in [6.45, 7) is 0.840. The molecule has 0 amide bonds. The Morgan fingerprint density at radius 3 is 2.85 bits per heavy atom. The van der Waals surface area contributed by atoms with Crippen LogP contribution in [0.25, 0.3) is 0 Å². The van der Waals surface area contributed by atoms with Crippen molar-refractivity contribution in [1.29, 1.82) is 0 Å². The van der Waals surface area contributed by atoms with Gasteiger partial charge in [-0.15, -0.1) is 0 Å². The number of halogens is 2. The van der Waals surface area contributed by atoms with E-state index >= 15 is 0 Å². The van der Waals surface area contributed by atoms with Crippen LogP contribution in [0.1, 0.15) is 44.1 Å². The Labute approximate surface area is 137 Å². The fraction of sp³-hybridized carbons (Fsp3) is 0.625. The van der Waals surface area contributed by atoms with Crippen molar-refractivity contribution in [3.05, 3.63) is 28.2 Å². The number of hydrogen-bond donors (Lipinski definition) is 0. The molecular formula is C16H20Br2O2. The molecule has 20 heavy (non-hydrogen) atoms. The quantitative estimate of drug-likeness (QED) is 0.644. The van der Waals surface area contributed by atoms with E-state index in [1.165, 1.54) is 31.2 Å². The van der Waals surface area contributed by atoms with E-state index in [4.69, 9.17) is 9.47 Å². The van der Waals surface area contributed by atoms with Crippen molar-refractivity contribution in [3.8, 4) is 5.75 Å². The van der Waals surface area contributed by atoms with Gasteiger partial charge in [-0.25, -0.2) is 0 Å². The van der Waals surface area contributed by atoms with Gasteiger partial charge in [0.25, 0.3) is 0 Å². The molecule has 1 aromatic rings. The maximum atomic E-state index is 6.22. The zero-order chi connectivity index (χ0) is 14.0. The molecule has 4 heteroatoms. The van der Waals surface area contributed by atoms with Crippen LogP contribution in [0.2, 0.25) is 0 Å². The molecule has 3 rings (SSSR count). The molecule has 0 radical (unpaired) electrons. The van der Waals surface area contributed by atoms with Crippen molar-refractivity contribution in [2.24, 2.45) is 0 Å². The Bertz CT molecular complexity index is 470. The average molecular weight is 404 g/mol. The molecule has 2 nitrogen and oxygen atoms in total. The summed E-state index contributed by atoms with van der Waals surface area (Å²) in [5.74, 6) is 0.975. The van der Waals surface area contributed by atoms with Gasteiger partial charge in [0.15, 0.2) is 0 Å². The van der Waals surface area contributed by atoms with Crippen LogP contribution < -0.4 is 4.74 Å². The molecule has 1 spiro atoms. The van der Waals surface area contributed by atoms with Crippen LogP contribution in [0.15, 0.2) is 22.7 Å². The number of benzene rings is 1. The van der Waals surface area contributed by atoms with Crippen LogP contribution in [0.5, 0.6) is 5.75 Å². The van der Waals surface area contributed by atoms with E-state index in [1.807, 2.05) is 6.07 Å². The first-order valence-electron chi connectivity index (χ1n) is 7.36. The van der Waals surface area contributed by atoms with Crippen LogP contribution in [-0.2, 0) is 10.1 Å². The van der Waals surface area contributed by atoms with Gasteiger partial charge in [0, 0.05) is 22.6 Å². The van der Waals surface area contributed by atoms with Crippen molar-refractivity contribution in [2.45, 2.75) is 55.6 Å². The Hall–Kier alpha value is -0.0600. The molecule has 2 fully saturated rings. The zero-order valence-electron chi connectivity index (χ0n) is 11.5. The minimum atomic E-state index is 0.122. The third-order valence-corrected chi connectivity index (χ3v) is 5.80. The maximum Gasteiger partial charge on any atom is 0.120 e. The van der Waals surface area contributed by atoms with E-state index in [2.05, 4.69) is 44.0 Å². The maximum absolute atomic E-state index is 6.22. The molecule has 1 atom stereocenters. The molecule has 0 bridgehead atoms. The summed E-state index contributed by atoms with van der Waals surface area (Å²) in [6.07, 6.45) is 7.37. The summed E-state index contributed by atoms with van der Waals surface area (Å²) >= 11 is 7.07. The summed E-state index contributed by atoms with van der Waals surface area (Å²) in [4.78, 5) is 0. The second kappa shape index (κ2) is 6.37. The fourth-order valence-electron chi connectivity index (χ4n) is 3.37. The lowest BCUT2D eigenvalue weighted by molar-refractivity contribution is -0.108. The molecular weight excluding hydrogens is 384 g/mol. The highest BCUT2D eigenvalue weighted by molar-refractivity contribution is 9.10. The molecule has 110 valence electrons. The summed E-state index contributed by atoms with van der Waals surface area (Å²) in [7, 11) is 0. The van der Waals surface area contributed by atoms with Gasteiger partial charge in [-0.2, -0.15) is 0 Å². The summed E-state index contributed by atoms with van der Waals surface area (Å²) < 4.78 is 13.4. The van der Waals surface area contributed by atoms with Crippen molar-refractivity contribution in [3.63, 3.8) is 0 Å². The standard InChI is InChI=1S/C16H20Br2O2/c17-11-12-9-13(3-4-15(12)18)20-14-5-8-19-16(10-14)6-1-2-7-16/h3-4,9,14H,1-2,5-8,10-11H2. The van der Waals surface area contributed by atoms with Gasteiger partial charge < -0.3 is 9.47 Å². The number of ether oxygens (including phenoxy) is 2. The van der Waals surface area contributed by atoms with Crippen molar-refractivity contribution >= 4 is 31.9 Å². The van der Waals surface area contributed by atoms with Gasteiger partial charge in [-0.1, -0.05) is 44.7 Å². The third-order valence-electron chi connectivity index (χ3n) is 4.43. The highest BCUT2D eigenvalue weighted by Gasteiger charge is 2.40. The monoisotopic (exact) mass is 402 g/mol. The number of hydrogen-bond acceptors (Lipinski definition) is 2. The largest absolute Gasteiger partial charge is 0.490 e. The smallest absolute Gasteiger partial charge is 0.120 e. The average Bonchev–Trinajstić information content (AvgIpc) is 2.89. The van der Waals surface area contributed by atoms with Crippen LogP contribution in [-0.4, -0.2) is 18.3 Å². The highest BCUT2D eigenvalue weighted by Crippen LogP contribution is 2.41. The van der Waals surface area contributed by atoms with E-state index < -0.39 is 0 Å². The molecule has 1 saturated carbocycles. The van der Waals surface area contributed by atoms with Gasteiger partial charge in [0.2, 0.25) is 0 Å². The van der Waals surface area contributed by atoms with E-state index in [0.29, 0.717) is 6.10 Å². The van der Waals surface area contributed by atoms with Crippen LogP contribution >= 0.6 is 31.9 Å². The number of rotatable bonds is 3. The lowest BCUT2D eigenvalue weighted by atomic mass is 9.90. The van der Waals surface area contributed by atoms with E-state index in [1.54, 1.807) is 0 Å². The first-order valence-corrected chi connectivity index (χ1v) is 9.27. The molecule has 1 saturated heterocycles. The number of alkyl halides is 1. The predicted molar refractivity (Wildman–Crippen MR) is 87.6 cm³/mol. The Morgan fingerprint density at radius 2 is 2.10 bits per heavy atom. The van der Waals surface area contributed by atoms with E-state index in [-0.39, 0.29) is 5.60 Å². The second-order valence-electron chi connectivity index (χ2n) is 5.86. The lowest BCUT2D eigenvalue weighted by Gasteiger charge is -2.38. The Kier molecular flexibility index (Phi) is 4.73. The SMILES string of the molecule is BrCc1cc(OC2CCOC3(CCCC3)C2)ccc1Br. The molecule has 2 aliphatic rings. The minimum Gasteiger partial charge on any atom is -0.490 e. The molecule has 1 aliphatic heterocycles. The molecule has 0 N–H and O–H groups in total. The Morgan fingerprint density at radius 1 is 1.30 bits per heavy atom. The van der Waals surface area contributed by atoms with Crippen LogP contribution in [0, 0.1) is 0 Å². The molecule has 0 aromatic heterocycles. The van der Waals surface area contributed by atoms with Gasteiger partial charge >= 0.3 is 0 Å².